The van der Waals surface area contributed by atoms with Crippen LogP contribution in [0.5, 0.6) is 0 Å². The second kappa shape index (κ2) is 9.81. The van der Waals surface area contributed by atoms with Crippen molar-refractivity contribution in [1.29, 1.82) is 0 Å². The molecule has 0 saturated heterocycles. The van der Waals surface area contributed by atoms with Crippen LogP contribution in [-0.4, -0.2) is 25.1 Å². The summed E-state index contributed by atoms with van der Waals surface area (Å²) in [5.74, 6) is -0.631. The number of sulfone groups is 1. The van der Waals surface area contributed by atoms with Gasteiger partial charge in [0.1, 0.15) is 0 Å². The van der Waals surface area contributed by atoms with Crippen LogP contribution in [0.1, 0.15) is 17.5 Å². The van der Waals surface area contributed by atoms with Gasteiger partial charge in [0.25, 0.3) is 0 Å². The summed E-state index contributed by atoms with van der Waals surface area (Å²) in [4.78, 5) is 19.7. The van der Waals surface area contributed by atoms with Crippen molar-refractivity contribution in [3.05, 3.63) is 87.9 Å². The number of aryl methyl sites for hydroxylation is 1. The van der Waals surface area contributed by atoms with E-state index in [9.17, 15) is 13.2 Å². The van der Waals surface area contributed by atoms with Gasteiger partial charge in [-0.2, -0.15) is 0 Å². The number of anilines is 1. The van der Waals surface area contributed by atoms with Crippen LogP contribution in [-0.2, 0) is 21.2 Å². The van der Waals surface area contributed by atoms with Crippen molar-refractivity contribution in [3.63, 3.8) is 0 Å². The van der Waals surface area contributed by atoms with E-state index in [0.717, 1.165) is 21.3 Å². The molecule has 0 aliphatic heterocycles. The van der Waals surface area contributed by atoms with Gasteiger partial charge in [-0.3, -0.25) is 9.69 Å². The third kappa shape index (κ3) is 5.38. The number of nitrogens with zero attached hydrogens (tertiary/aromatic N) is 2. The number of benzene rings is 3. The Morgan fingerprint density at radius 3 is 2.39 bits per heavy atom. The minimum Gasteiger partial charge on any atom is -0.284 e. The number of fused-ring (bicyclic) bond motifs is 1. The highest BCUT2D eigenvalue weighted by molar-refractivity contribution is 7.91. The zero-order chi connectivity index (χ0) is 23.6. The van der Waals surface area contributed by atoms with Crippen molar-refractivity contribution < 1.29 is 13.2 Å². The minimum absolute atomic E-state index is 0.138. The average Bonchev–Trinajstić information content (AvgIpc) is 3.24. The van der Waals surface area contributed by atoms with Gasteiger partial charge in [-0.15, -0.1) is 0 Å². The molecule has 0 unspecified atom stereocenters. The highest BCUT2D eigenvalue weighted by atomic mass is 35.5. The zero-order valence-corrected chi connectivity index (χ0v) is 20.8. The number of hydrogen-bond donors (Lipinski definition) is 0. The van der Waals surface area contributed by atoms with Crippen LogP contribution in [0, 0.1) is 6.92 Å². The van der Waals surface area contributed by atoms with Crippen molar-refractivity contribution in [3.8, 4) is 0 Å². The lowest BCUT2D eigenvalue weighted by Crippen LogP contribution is -2.31. The van der Waals surface area contributed by atoms with Gasteiger partial charge in [-0.1, -0.05) is 64.9 Å². The molecule has 1 heterocycles. The van der Waals surface area contributed by atoms with E-state index in [-0.39, 0.29) is 29.5 Å². The summed E-state index contributed by atoms with van der Waals surface area (Å²) in [5, 5.41) is 1.56. The van der Waals surface area contributed by atoms with Gasteiger partial charge in [-0.25, -0.2) is 13.4 Å². The van der Waals surface area contributed by atoms with E-state index >= 15 is 0 Å². The highest BCUT2D eigenvalue weighted by Gasteiger charge is 2.24. The molecular formula is C24H20Cl2N2O3S2. The molecule has 0 radical (unpaired) electrons. The predicted octanol–water partition coefficient (Wildman–Crippen LogP) is 6.31. The third-order valence-corrected chi connectivity index (χ3v) is 8.65. The van der Waals surface area contributed by atoms with E-state index in [4.69, 9.17) is 23.2 Å². The smallest absolute Gasteiger partial charge is 0.230 e. The van der Waals surface area contributed by atoms with Crippen molar-refractivity contribution in [1.82, 2.24) is 4.98 Å². The normalized spacial score (nSPS) is 11.6. The van der Waals surface area contributed by atoms with Gasteiger partial charge < -0.3 is 0 Å². The highest BCUT2D eigenvalue weighted by Crippen LogP contribution is 2.34. The van der Waals surface area contributed by atoms with Gasteiger partial charge in [0.05, 0.1) is 27.4 Å². The van der Waals surface area contributed by atoms with E-state index in [1.165, 1.54) is 35.6 Å². The van der Waals surface area contributed by atoms with E-state index in [2.05, 4.69) is 4.98 Å². The molecular weight excluding hydrogens is 499 g/mol. The maximum absolute atomic E-state index is 13.3. The number of thiazole rings is 1. The summed E-state index contributed by atoms with van der Waals surface area (Å²) in [7, 11) is -3.64. The molecule has 0 N–H and O–H groups in total. The molecule has 33 heavy (non-hydrogen) atoms. The summed E-state index contributed by atoms with van der Waals surface area (Å²) in [6.45, 7) is 2.17. The van der Waals surface area contributed by atoms with Crippen molar-refractivity contribution in [2.24, 2.45) is 0 Å². The first-order valence-electron chi connectivity index (χ1n) is 10.1. The van der Waals surface area contributed by atoms with Gasteiger partial charge >= 0.3 is 0 Å². The van der Waals surface area contributed by atoms with E-state index in [0.29, 0.717) is 15.2 Å². The maximum Gasteiger partial charge on any atom is 0.230 e. The first-order chi connectivity index (χ1) is 15.7. The first kappa shape index (κ1) is 23.7. The fourth-order valence-electron chi connectivity index (χ4n) is 3.35. The summed E-state index contributed by atoms with van der Waals surface area (Å²) in [6.07, 6.45) is -0.173. The zero-order valence-electron chi connectivity index (χ0n) is 17.7. The Labute approximate surface area is 206 Å². The van der Waals surface area contributed by atoms with E-state index in [1.807, 2.05) is 49.4 Å². The number of amides is 1. The lowest BCUT2D eigenvalue weighted by Gasteiger charge is -2.20. The Balaban J connectivity index is 1.62. The topological polar surface area (TPSA) is 67.3 Å². The molecule has 4 rings (SSSR count). The van der Waals surface area contributed by atoms with Crippen LogP contribution in [0.25, 0.3) is 10.2 Å². The maximum atomic E-state index is 13.3. The number of carbonyl (C=O) groups is 1. The molecule has 1 amide bonds. The van der Waals surface area contributed by atoms with Crippen molar-refractivity contribution in [2.75, 3.05) is 10.7 Å². The van der Waals surface area contributed by atoms with E-state index in [1.54, 1.807) is 4.90 Å². The van der Waals surface area contributed by atoms with Crippen LogP contribution in [0.2, 0.25) is 10.0 Å². The fraction of sp³-hybridized carbons (Fsp3) is 0.167. The summed E-state index contributed by atoms with van der Waals surface area (Å²) >= 11 is 13.5. The lowest BCUT2D eigenvalue weighted by atomic mass is 10.2. The molecule has 0 saturated carbocycles. The van der Waals surface area contributed by atoms with Crippen LogP contribution in [0.3, 0.4) is 0 Å². The predicted molar refractivity (Wildman–Crippen MR) is 135 cm³/mol. The first-order valence-corrected chi connectivity index (χ1v) is 13.4. The molecule has 0 fully saturated rings. The Bertz CT molecular complexity index is 1400. The molecule has 0 aliphatic rings. The summed E-state index contributed by atoms with van der Waals surface area (Å²) in [6, 6.07) is 19.1. The third-order valence-electron chi connectivity index (χ3n) is 5.21. The van der Waals surface area contributed by atoms with Gasteiger partial charge in [0.2, 0.25) is 5.91 Å². The summed E-state index contributed by atoms with van der Waals surface area (Å²) < 4.78 is 26.4. The average molecular weight is 519 g/mol. The van der Waals surface area contributed by atoms with Gasteiger partial charge in [0, 0.05) is 16.5 Å². The van der Waals surface area contributed by atoms with Gasteiger partial charge in [-0.05, 0) is 54.4 Å². The molecule has 3 aromatic carbocycles. The fourth-order valence-corrected chi connectivity index (χ4v) is 5.90. The molecule has 0 spiro atoms. The van der Waals surface area contributed by atoms with Crippen LogP contribution >= 0.6 is 34.5 Å². The number of halogens is 2. The molecule has 1 aromatic heterocycles. The number of carbonyl (C=O) groups excluding carboxylic acids is 1. The molecule has 0 bridgehead atoms. The standard InChI is InChI=1S/C24H20Cl2N2O3S2/c1-16-20(26)11-12-21-23(16)27-24(32-21)28(15-17-5-3-2-4-6-17)22(29)13-14-33(30,31)19-9-7-18(25)8-10-19/h2-12H,13-15H2,1H3. The Hall–Kier alpha value is -2.45. The Kier molecular flexibility index (Phi) is 7.05. The molecule has 170 valence electrons. The Morgan fingerprint density at radius 1 is 1.00 bits per heavy atom. The molecule has 0 aliphatic carbocycles. The van der Waals surface area contributed by atoms with Crippen molar-refractivity contribution >= 4 is 65.6 Å². The van der Waals surface area contributed by atoms with Gasteiger partial charge in [0.15, 0.2) is 15.0 Å². The summed E-state index contributed by atoms with van der Waals surface area (Å²) in [5.41, 5.74) is 2.50. The Morgan fingerprint density at radius 2 is 1.70 bits per heavy atom. The monoisotopic (exact) mass is 518 g/mol. The molecule has 0 atom stereocenters. The molecule has 9 heteroatoms. The quantitative estimate of drug-likeness (QED) is 0.287. The van der Waals surface area contributed by atoms with Crippen LogP contribution < -0.4 is 4.90 Å². The van der Waals surface area contributed by atoms with E-state index < -0.39 is 9.84 Å². The molecule has 5 nitrogen and oxygen atoms in total. The number of hydrogen-bond acceptors (Lipinski definition) is 5. The van der Waals surface area contributed by atoms with Crippen LogP contribution in [0.15, 0.2) is 71.6 Å². The second-order valence-electron chi connectivity index (χ2n) is 7.50. The largest absolute Gasteiger partial charge is 0.284 e. The second-order valence-corrected chi connectivity index (χ2v) is 11.5. The number of rotatable bonds is 7. The lowest BCUT2D eigenvalue weighted by molar-refractivity contribution is -0.118. The number of aromatic nitrogens is 1. The van der Waals surface area contributed by atoms with Crippen molar-refractivity contribution in [2.45, 2.75) is 24.8 Å². The van der Waals surface area contributed by atoms with Crippen LogP contribution in [0.4, 0.5) is 5.13 Å². The SMILES string of the molecule is Cc1c(Cl)ccc2sc(N(Cc3ccccc3)C(=O)CCS(=O)(=O)c3ccc(Cl)cc3)nc12. The molecule has 4 aromatic rings. The minimum atomic E-state index is -3.64.